The van der Waals surface area contributed by atoms with Gasteiger partial charge in [0.05, 0.1) is 6.61 Å². The van der Waals surface area contributed by atoms with Crippen molar-refractivity contribution in [3.63, 3.8) is 0 Å². The number of rotatable bonds is 7. The molecule has 5 heteroatoms. The fraction of sp³-hybridized carbons (Fsp3) is 0.240. The summed E-state index contributed by atoms with van der Waals surface area (Å²) in [6.07, 6.45) is 1.31. The van der Waals surface area contributed by atoms with Crippen molar-refractivity contribution >= 4 is 11.7 Å². The van der Waals surface area contributed by atoms with Crippen LogP contribution in [0.3, 0.4) is 0 Å². The van der Waals surface area contributed by atoms with Crippen LogP contribution in [-0.4, -0.2) is 23.2 Å². The van der Waals surface area contributed by atoms with Crippen LogP contribution in [0.25, 0.3) is 0 Å². The molecule has 30 heavy (non-hydrogen) atoms. The Kier molecular flexibility index (Phi) is 5.44. The maximum absolute atomic E-state index is 13.8. The maximum atomic E-state index is 13.8. The molecule has 1 aliphatic carbocycles. The highest BCUT2D eigenvalue weighted by Crippen LogP contribution is 2.34. The van der Waals surface area contributed by atoms with Crippen molar-refractivity contribution in [3.05, 3.63) is 94.8 Å². The first-order valence-corrected chi connectivity index (χ1v) is 10.0. The van der Waals surface area contributed by atoms with E-state index in [0.717, 1.165) is 16.7 Å². The summed E-state index contributed by atoms with van der Waals surface area (Å²) in [4.78, 5) is 12.2. The molecule has 0 spiro atoms. The summed E-state index contributed by atoms with van der Waals surface area (Å²) >= 11 is 0. The molecular formula is C25H24FNO3. The second-order valence-electron chi connectivity index (χ2n) is 7.80. The standard InChI is InChI=1S/C25H24FNO3/c1-17-10-11-21(14-23(17)30-13-12-18-6-4-5-9-22(18)26)27-25(24(28)29)15-19-7-2-3-8-20(19)16-25/h2-11,14,27H,12-13,15-16H2,1H3,(H,28,29). The van der Waals surface area contributed by atoms with E-state index in [4.69, 9.17) is 4.74 Å². The number of nitrogens with one attached hydrogen (secondary N) is 1. The zero-order chi connectivity index (χ0) is 21.1. The predicted molar refractivity (Wildman–Crippen MR) is 115 cm³/mol. The van der Waals surface area contributed by atoms with Gasteiger partial charge < -0.3 is 15.2 Å². The van der Waals surface area contributed by atoms with E-state index in [9.17, 15) is 14.3 Å². The predicted octanol–water partition coefficient (Wildman–Crippen LogP) is 4.79. The Labute approximate surface area is 175 Å². The van der Waals surface area contributed by atoms with Gasteiger partial charge in [0.2, 0.25) is 0 Å². The average molecular weight is 405 g/mol. The Bertz CT molecular complexity index is 1050. The van der Waals surface area contributed by atoms with E-state index >= 15 is 0 Å². The van der Waals surface area contributed by atoms with Crippen LogP contribution in [-0.2, 0) is 24.1 Å². The zero-order valence-corrected chi connectivity index (χ0v) is 16.8. The largest absolute Gasteiger partial charge is 0.493 e. The van der Waals surface area contributed by atoms with Crippen LogP contribution < -0.4 is 10.1 Å². The zero-order valence-electron chi connectivity index (χ0n) is 16.8. The van der Waals surface area contributed by atoms with E-state index < -0.39 is 11.5 Å². The molecule has 0 atom stereocenters. The molecule has 0 bridgehead atoms. The van der Waals surface area contributed by atoms with Crippen molar-refractivity contribution in [1.82, 2.24) is 0 Å². The van der Waals surface area contributed by atoms with Gasteiger partial charge in [0.1, 0.15) is 17.1 Å². The van der Waals surface area contributed by atoms with Crippen LogP contribution in [0, 0.1) is 12.7 Å². The minimum absolute atomic E-state index is 0.238. The van der Waals surface area contributed by atoms with E-state index in [0.29, 0.717) is 42.9 Å². The smallest absolute Gasteiger partial charge is 0.330 e. The molecule has 0 radical (unpaired) electrons. The lowest BCUT2D eigenvalue weighted by molar-refractivity contribution is -0.142. The van der Waals surface area contributed by atoms with Crippen molar-refractivity contribution in [2.24, 2.45) is 0 Å². The number of hydrogen-bond acceptors (Lipinski definition) is 3. The Morgan fingerprint density at radius 3 is 2.40 bits per heavy atom. The number of fused-ring (bicyclic) bond motifs is 1. The third-order valence-electron chi connectivity index (χ3n) is 5.67. The Hall–Kier alpha value is -3.34. The minimum Gasteiger partial charge on any atom is -0.493 e. The van der Waals surface area contributed by atoms with Gasteiger partial charge in [-0.15, -0.1) is 0 Å². The van der Waals surface area contributed by atoms with Crippen molar-refractivity contribution in [2.75, 3.05) is 11.9 Å². The first-order valence-electron chi connectivity index (χ1n) is 10.0. The molecule has 3 aromatic carbocycles. The summed E-state index contributed by atoms with van der Waals surface area (Å²) in [7, 11) is 0. The number of aliphatic carboxylic acids is 1. The molecule has 0 saturated heterocycles. The summed E-state index contributed by atoms with van der Waals surface area (Å²) in [6, 6.07) is 20.1. The fourth-order valence-corrected chi connectivity index (χ4v) is 3.99. The number of hydrogen-bond donors (Lipinski definition) is 2. The quantitative estimate of drug-likeness (QED) is 0.593. The molecule has 0 aromatic heterocycles. The molecule has 0 aliphatic heterocycles. The van der Waals surface area contributed by atoms with Crippen LogP contribution >= 0.6 is 0 Å². The summed E-state index contributed by atoms with van der Waals surface area (Å²) in [5, 5.41) is 13.2. The number of anilines is 1. The van der Waals surface area contributed by atoms with Gasteiger partial charge in [-0.1, -0.05) is 48.5 Å². The summed E-state index contributed by atoms with van der Waals surface area (Å²) in [5.41, 5.74) is 3.27. The highest BCUT2D eigenvalue weighted by molar-refractivity contribution is 5.85. The van der Waals surface area contributed by atoms with Crippen LogP contribution in [0.15, 0.2) is 66.7 Å². The van der Waals surface area contributed by atoms with E-state index in [1.165, 1.54) is 6.07 Å². The summed E-state index contributed by atoms with van der Waals surface area (Å²) in [6.45, 7) is 2.27. The van der Waals surface area contributed by atoms with Crippen molar-refractivity contribution in [1.29, 1.82) is 0 Å². The Balaban J connectivity index is 1.49. The second kappa shape index (κ2) is 8.19. The number of aryl methyl sites for hydroxylation is 1. The topological polar surface area (TPSA) is 58.6 Å². The van der Waals surface area contributed by atoms with Gasteiger partial charge in [-0.2, -0.15) is 0 Å². The van der Waals surface area contributed by atoms with Crippen molar-refractivity contribution in [3.8, 4) is 5.75 Å². The van der Waals surface area contributed by atoms with Gasteiger partial charge in [0.15, 0.2) is 0 Å². The van der Waals surface area contributed by atoms with Crippen LogP contribution in [0.1, 0.15) is 22.3 Å². The van der Waals surface area contributed by atoms with E-state index in [-0.39, 0.29) is 5.82 Å². The van der Waals surface area contributed by atoms with Crippen LogP contribution in [0.4, 0.5) is 10.1 Å². The maximum Gasteiger partial charge on any atom is 0.330 e. The lowest BCUT2D eigenvalue weighted by Gasteiger charge is -2.27. The molecular weight excluding hydrogens is 381 g/mol. The second-order valence-corrected chi connectivity index (χ2v) is 7.80. The van der Waals surface area contributed by atoms with Gasteiger partial charge in [0.25, 0.3) is 0 Å². The molecule has 0 amide bonds. The highest BCUT2D eigenvalue weighted by Gasteiger charge is 2.44. The first-order chi connectivity index (χ1) is 14.5. The molecule has 3 aromatic rings. The number of benzene rings is 3. The molecule has 0 heterocycles. The monoisotopic (exact) mass is 405 g/mol. The lowest BCUT2D eigenvalue weighted by atomic mass is 9.95. The minimum atomic E-state index is -1.08. The highest BCUT2D eigenvalue weighted by atomic mass is 19.1. The van der Waals surface area contributed by atoms with Crippen molar-refractivity contribution < 1.29 is 19.0 Å². The van der Waals surface area contributed by atoms with Gasteiger partial charge in [0, 0.05) is 31.0 Å². The molecule has 2 N–H and O–H groups in total. The normalized spacial score (nSPS) is 14.2. The molecule has 154 valence electrons. The Morgan fingerprint density at radius 1 is 1.07 bits per heavy atom. The molecule has 0 unspecified atom stereocenters. The fourth-order valence-electron chi connectivity index (χ4n) is 3.99. The third kappa shape index (κ3) is 4.01. The number of carbonyl (C=O) groups is 1. The first kappa shape index (κ1) is 20.0. The number of carboxylic acids is 1. The molecule has 1 aliphatic rings. The van der Waals surface area contributed by atoms with Gasteiger partial charge >= 0.3 is 5.97 Å². The SMILES string of the molecule is Cc1ccc(NC2(C(=O)O)Cc3ccccc3C2)cc1OCCc1ccccc1F. The van der Waals surface area contributed by atoms with E-state index in [1.807, 2.05) is 49.4 Å². The lowest BCUT2D eigenvalue weighted by Crippen LogP contribution is -2.47. The summed E-state index contributed by atoms with van der Waals surface area (Å²) < 4.78 is 19.7. The molecule has 0 saturated carbocycles. The summed E-state index contributed by atoms with van der Waals surface area (Å²) in [5.74, 6) is -0.453. The molecule has 4 rings (SSSR count). The van der Waals surface area contributed by atoms with Gasteiger partial charge in [-0.25, -0.2) is 9.18 Å². The molecule has 0 fully saturated rings. The Morgan fingerprint density at radius 2 is 1.73 bits per heavy atom. The van der Waals surface area contributed by atoms with Gasteiger partial charge in [-0.05, 0) is 41.3 Å². The van der Waals surface area contributed by atoms with E-state index in [1.54, 1.807) is 18.2 Å². The van der Waals surface area contributed by atoms with Crippen LogP contribution in [0.5, 0.6) is 5.75 Å². The number of carboxylic acid groups (broad SMARTS) is 1. The van der Waals surface area contributed by atoms with E-state index in [2.05, 4.69) is 5.32 Å². The van der Waals surface area contributed by atoms with Crippen LogP contribution in [0.2, 0.25) is 0 Å². The number of halogens is 1. The number of ether oxygens (including phenoxy) is 1. The third-order valence-corrected chi connectivity index (χ3v) is 5.67. The molecule has 4 nitrogen and oxygen atoms in total. The average Bonchev–Trinajstić information content (AvgIpc) is 3.11. The van der Waals surface area contributed by atoms with Gasteiger partial charge in [-0.3, -0.25) is 0 Å². The van der Waals surface area contributed by atoms with Crippen molar-refractivity contribution in [2.45, 2.75) is 31.7 Å².